The summed E-state index contributed by atoms with van der Waals surface area (Å²) >= 11 is 4.64. The number of fused-ring (bicyclic) bond motifs is 1. The largest absolute Gasteiger partial charge is 0.422 e. The Kier molecular flexibility index (Phi) is 3.30. The molecule has 2 aromatic rings. The van der Waals surface area contributed by atoms with Crippen LogP contribution in [-0.2, 0) is 4.79 Å². The third-order valence-electron chi connectivity index (χ3n) is 2.36. The topological polar surface area (TPSA) is 26.3 Å². The first-order valence-corrected chi connectivity index (χ1v) is 5.53. The average molecular weight is 242 g/mol. The van der Waals surface area contributed by atoms with E-state index >= 15 is 0 Å². The van der Waals surface area contributed by atoms with Gasteiger partial charge in [0.05, 0.1) is 5.57 Å². The molecule has 0 aliphatic rings. The molecule has 2 aromatic carbocycles. The van der Waals surface area contributed by atoms with E-state index in [4.69, 9.17) is 4.74 Å². The smallest absolute Gasteiger partial charge is 0.343 e. The molecular weight excluding hydrogens is 232 g/mol. The number of rotatable bonds is 3. The van der Waals surface area contributed by atoms with Crippen molar-refractivity contribution in [1.82, 2.24) is 0 Å². The van der Waals surface area contributed by atoms with Gasteiger partial charge in [0.15, 0.2) is 0 Å². The Morgan fingerprint density at radius 2 is 1.88 bits per heavy atom. The zero-order valence-corrected chi connectivity index (χ0v) is 9.87. The van der Waals surface area contributed by atoms with Gasteiger partial charge in [-0.15, -0.1) is 0 Å². The van der Waals surface area contributed by atoms with Crippen molar-refractivity contribution in [2.45, 2.75) is 0 Å². The van der Waals surface area contributed by atoms with Crippen molar-refractivity contribution >= 4 is 34.3 Å². The van der Waals surface area contributed by atoms with E-state index in [0.29, 0.717) is 5.75 Å². The Morgan fingerprint density at radius 1 is 1.18 bits per heavy atom. The summed E-state index contributed by atoms with van der Waals surface area (Å²) in [5, 5.41) is 3.12. The lowest BCUT2D eigenvalue weighted by Gasteiger charge is -2.07. The van der Waals surface area contributed by atoms with Gasteiger partial charge in [-0.05, 0) is 11.5 Å². The van der Waals surface area contributed by atoms with Crippen LogP contribution in [-0.4, -0.2) is 11.3 Å². The minimum atomic E-state index is -0.517. The second-order valence-electron chi connectivity index (χ2n) is 3.51. The van der Waals surface area contributed by atoms with Crippen LogP contribution in [0, 0.1) is 0 Å². The van der Waals surface area contributed by atoms with Gasteiger partial charge >= 0.3 is 5.97 Å². The summed E-state index contributed by atoms with van der Waals surface area (Å²) in [7, 11) is 0. The fraction of sp³-hybridized carbons (Fsp3) is 0. The molecule has 0 amide bonds. The zero-order chi connectivity index (χ0) is 12.3. The van der Waals surface area contributed by atoms with E-state index in [9.17, 15) is 4.79 Å². The van der Waals surface area contributed by atoms with Crippen LogP contribution in [0.4, 0.5) is 0 Å². The van der Waals surface area contributed by atoms with Crippen LogP contribution in [0.25, 0.3) is 10.8 Å². The minimum absolute atomic E-state index is 0.174. The SMILES string of the molecule is C=C(C=S)C(=O)Oc1cccc2ccccc12. The molecule has 17 heavy (non-hydrogen) atoms. The van der Waals surface area contributed by atoms with Crippen LogP contribution in [0.1, 0.15) is 0 Å². The molecule has 0 atom stereocenters. The fourth-order valence-electron chi connectivity index (χ4n) is 1.50. The van der Waals surface area contributed by atoms with Crippen LogP contribution >= 0.6 is 12.2 Å². The molecular formula is C14H10O2S. The molecule has 0 radical (unpaired) electrons. The van der Waals surface area contributed by atoms with Crippen LogP contribution in [0.5, 0.6) is 5.75 Å². The molecule has 2 rings (SSSR count). The maximum Gasteiger partial charge on any atom is 0.343 e. The Hall–Kier alpha value is -2.00. The van der Waals surface area contributed by atoms with E-state index < -0.39 is 5.97 Å². The number of ether oxygens (including phenoxy) is 1. The van der Waals surface area contributed by atoms with Crippen molar-refractivity contribution in [1.29, 1.82) is 0 Å². The molecule has 0 bridgehead atoms. The summed E-state index contributed by atoms with van der Waals surface area (Å²) in [6.45, 7) is 3.52. The molecule has 3 heteroatoms. The molecule has 0 aliphatic heterocycles. The van der Waals surface area contributed by atoms with E-state index in [0.717, 1.165) is 10.8 Å². The van der Waals surface area contributed by atoms with Gasteiger partial charge in [-0.2, -0.15) is 0 Å². The van der Waals surface area contributed by atoms with Gasteiger partial charge in [-0.25, -0.2) is 4.79 Å². The Labute approximate surface area is 105 Å². The van der Waals surface area contributed by atoms with Crippen LogP contribution in [0.15, 0.2) is 54.6 Å². The highest BCUT2D eigenvalue weighted by atomic mass is 32.1. The Balaban J connectivity index is 2.39. The Bertz CT molecular complexity index is 597. The summed E-state index contributed by atoms with van der Waals surface area (Å²) in [6, 6.07) is 13.2. The lowest BCUT2D eigenvalue weighted by molar-refractivity contribution is -0.129. The summed E-state index contributed by atoms with van der Waals surface area (Å²) in [5.41, 5.74) is 0.174. The normalized spacial score (nSPS) is 9.88. The first-order valence-electron chi connectivity index (χ1n) is 5.06. The highest BCUT2D eigenvalue weighted by Crippen LogP contribution is 2.25. The molecule has 0 spiro atoms. The number of hydrogen-bond donors (Lipinski definition) is 0. The summed E-state index contributed by atoms with van der Waals surface area (Å²) in [6.07, 6.45) is 0. The monoisotopic (exact) mass is 242 g/mol. The highest BCUT2D eigenvalue weighted by molar-refractivity contribution is 7.79. The van der Waals surface area contributed by atoms with Crippen LogP contribution in [0.3, 0.4) is 0 Å². The van der Waals surface area contributed by atoms with Crippen LogP contribution < -0.4 is 4.74 Å². The quantitative estimate of drug-likeness (QED) is 0.357. The number of esters is 1. The number of thiocarbonyl (C=S) groups is 1. The second kappa shape index (κ2) is 4.89. The van der Waals surface area contributed by atoms with Gasteiger partial charge in [-0.3, -0.25) is 0 Å². The predicted molar refractivity (Wildman–Crippen MR) is 72.4 cm³/mol. The van der Waals surface area contributed by atoms with Gasteiger partial charge in [0.1, 0.15) is 5.75 Å². The standard InChI is InChI=1S/C14H10O2S/c1-10(9-17)14(15)16-13-8-4-6-11-5-2-3-7-12(11)13/h2-9H,1H2. The third kappa shape index (κ3) is 2.40. The lowest BCUT2D eigenvalue weighted by Crippen LogP contribution is -2.10. The number of carbonyl (C=O) groups is 1. The summed E-state index contributed by atoms with van der Waals surface area (Å²) in [5.74, 6) is 0.00227. The first kappa shape index (κ1) is 11.5. The van der Waals surface area contributed by atoms with Gasteiger partial charge in [0.2, 0.25) is 0 Å². The second-order valence-corrected chi connectivity index (χ2v) is 3.75. The van der Waals surface area contributed by atoms with Crippen molar-refractivity contribution in [3.63, 3.8) is 0 Å². The molecule has 0 fully saturated rings. The molecule has 0 aliphatic carbocycles. The molecule has 0 N–H and O–H groups in total. The van der Waals surface area contributed by atoms with Crippen molar-refractivity contribution in [2.24, 2.45) is 0 Å². The van der Waals surface area contributed by atoms with Gasteiger partial charge < -0.3 is 4.74 Å². The van der Waals surface area contributed by atoms with Gasteiger partial charge in [-0.1, -0.05) is 55.2 Å². The lowest BCUT2D eigenvalue weighted by atomic mass is 10.1. The zero-order valence-electron chi connectivity index (χ0n) is 9.05. The summed E-state index contributed by atoms with van der Waals surface area (Å²) < 4.78 is 5.24. The van der Waals surface area contributed by atoms with Crippen LogP contribution in [0.2, 0.25) is 0 Å². The summed E-state index contributed by atoms with van der Waals surface area (Å²) in [4.78, 5) is 11.6. The number of hydrogen-bond acceptors (Lipinski definition) is 3. The molecule has 84 valence electrons. The van der Waals surface area contributed by atoms with Crippen molar-refractivity contribution in [2.75, 3.05) is 0 Å². The fourth-order valence-corrected chi connectivity index (χ4v) is 1.59. The van der Waals surface area contributed by atoms with Crippen molar-refractivity contribution < 1.29 is 9.53 Å². The van der Waals surface area contributed by atoms with E-state index in [1.54, 1.807) is 6.07 Å². The number of benzene rings is 2. The van der Waals surface area contributed by atoms with Gasteiger partial charge in [0, 0.05) is 10.8 Å². The molecule has 0 aromatic heterocycles. The maximum atomic E-state index is 11.6. The van der Waals surface area contributed by atoms with E-state index in [1.807, 2.05) is 36.4 Å². The molecule has 0 unspecified atom stereocenters. The third-order valence-corrected chi connectivity index (χ3v) is 2.64. The minimum Gasteiger partial charge on any atom is -0.422 e. The molecule has 0 heterocycles. The van der Waals surface area contributed by atoms with E-state index in [1.165, 1.54) is 5.37 Å². The average Bonchev–Trinajstić information content (AvgIpc) is 2.38. The highest BCUT2D eigenvalue weighted by Gasteiger charge is 2.09. The van der Waals surface area contributed by atoms with Crippen molar-refractivity contribution in [3.8, 4) is 5.75 Å². The molecule has 2 nitrogen and oxygen atoms in total. The Morgan fingerprint density at radius 3 is 2.65 bits per heavy atom. The van der Waals surface area contributed by atoms with E-state index in [-0.39, 0.29) is 5.57 Å². The number of carbonyl (C=O) groups excluding carboxylic acids is 1. The van der Waals surface area contributed by atoms with E-state index in [2.05, 4.69) is 18.8 Å². The molecule has 0 saturated carbocycles. The van der Waals surface area contributed by atoms with Crippen molar-refractivity contribution in [3.05, 3.63) is 54.6 Å². The predicted octanol–water partition coefficient (Wildman–Crippen LogP) is 3.30. The van der Waals surface area contributed by atoms with Gasteiger partial charge in [0.25, 0.3) is 0 Å². The first-order chi connectivity index (χ1) is 8.22. The maximum absolute atomic E-state index is 11.6. The molecule has 0 saturated heterocycles.